The highest BCUT2D eigenvalue weighted by Crippen LogP contribution is 2.29. The average molecular weight is 270 g/mol. The Morgan fingerprint density at radius 1 is 1.26 bits per heavy atom. The van der Waals surface area contributed by atoms with Gasteiger partial charge in [0.25, 0.3) is 0 Å². The summed E-state index contributed by atoms with van der Waals surface area (Å²) in [5.41, 5.74) is 0.329. The second-order valence-electron chi connectivity index (χ2n) is 6.58. The molecule has 1 heterocycles. The lowest BCUT2D eigenvalue weighted by atomic mass is 9.86. The van der Waals surface area contributed by atoms with E-state index in [9.17, 15) is 0 Å². The SMILES string of the molecule is CCC1CN(CCC(C)(C)OC)C(CC)(CC)CN1. The first-order valence-electron chi connectivity index (χ1n) is 7.96. The van der Waals surface area contributed by atoms with Crippen molar-refractivity contribution in [2.24, 2.45) is 0 Å². The van der Waals surface area contributed by atoms with Crippen molar-refractivity contribution < 1.29 is 4.74 Å². The van der Waals surface area contributed by atoms with Crippen LogP contribution in [0.5, 0.6) is 0 Å². The van der Waals surface area contributed by atoms with E-state index in [-0.39, 0.29) is 5.60 Å². The second kappa shape index (κ2) is 7.05. The fourth-order valence-electron chi connectivity index (χ4n) is 3.03. The third kappa shape index (κ3) is 4.17. The molecule has 0 aromatic rings. The third-order valence-electron chi connectivity index (χ3n) is 5.18. The van der Waals surface area contributed by atoms with Crippen molar-refractivity contribution in [2.75, 3.05) is 26.7 Å². The van der Waals surface area contributed by atoms with Crippen LogP contribution < -0.4 is 5.32 Å². The van der Waals surface area contributed by atoms with E-state index in [1.807, 2.05) is 7.11 Å². The van der Waals surface area contributed by atoms with Crippen LogP contribution in [0.25, 0.3) is 0 Å². The number of methoxy groups -OCH3 is 1. The van der Waals surface area contributed by atoms with Gasteiger partial charge in [-0.2, -0.15) is 0 Å². The monoisotopic (exact) mass is 270 g/mol. The lowest BCUT2D eigenvalue weighted by molar-refractivity contribution is -0.0212. The molecule has 1 atom stereocenters. The second-order valence-corrected chi connectivity index (χ2v) is 6.58. The Labute approximate surface area is 120 Å². The van der Waals surface area contributed by atoms with Crippen molar-refractivity contribution in [3.05, 3.63) is 0 Å². The summed E-state index contributed by atoms with van der Waals surface area (Å²) >= 11 is 0. The van der Waals surface area contributed by atoms with Gasteiger partial charge in [0.1, 0.15) is 0 Å². The van der Waals surface area contributed by atoms with Crippen LogP contribution in [0.4, 0.5) is 0 Å². The zero-order valence-electron chi connectivity index (χ0n) is 13.9. The summed E-state index contributed by atoms with van der Waals surface area (Å²) in [6.07, 6.45) is 4.76. The average Bonchev–Trinajstić information content (AvgIpc) is 2.44. The Balaban J connectivity index is 2.71. The van der Waals surface area contributed by atoms with Gasteiger partial charge >= 0.3 is 0 Å². The maximum atomic E-state index is 5.58. The highest BCUT2D eigenvalue weighted by atomic mass is 16.5. The van der Waals surface area contributed by atoms with Gasteiger partial charge in [0.15, 0.2) is 0 Å². The lowest BCUT2D eigenvalue weighted by Crippen LogP contribution is -2.64. The molecule has 3 nitrogen and oxygen atoms in total. The Morgan fingerprint density at radius 2 is 1.89 bits per heavy atom. The summed E-state index contributed by atoms with van der Waals surface area (Å²) in [4.78, 5) is 2.72. The van der Waals surface area contributed by atoms with Crippen molar-refractivity contribution in [3.8, 4) is 0 Å². The van der Waals surface area contributed by atoms with Gasteiger partial charge in [-0.25, -0.2) is 0 Å². The van der Waals surface area contributed by atoms with Crippen LogP contribution in [0.1, 0.15) is 60.3 Å². The minimum absolute atomic E-state index is 0.0141. The zero-order valence-corrected chi connectivity index (χ0v) is 13.9. The van der Waals surface area contributed by atoms with E-state index < -0.39 is 0 Å². The highest BCUT2D eigenvalue weighted by Gasteiger charge is 2.38. The summed E-state index contributed by atoms with van der Waals surface area (Å²) in [7, 11) is 1.82. The van der Waals surface area contributed by atoms with Crippen LogP contribution >= 0.6 is 0 Å². The normalized spacial score (nSPS) is 24.6. The van der Waals surface area contributed by atoms with E-state index in [1.165, 1.54) is 25.8 Å². The molecule has 1 aliphatic heterocycles. The first-order chi connectivity index (χ1) is 8.93. The van der Waals surface area contributed by atoms with E-state index in [1.54, 1.807) is 0 Å². The molecule has 0 spiro atoms. The first kappa shape index (κ1) is 16.9. The molecule has 3 heteroatoms. The Morgan fingerprint density at radius 3 is 2.37 bits per heavy atom. The van der Waals surface area contributed by atoms with Crippen LogP contribution in [-0.2, 0) is 4.74 Å². The number of nitrogens with zero attached hydrogens (tertiary/aromatic N) is 1. The van der Waals surface area contributed by atoms with Crippen LogP contribution in [0.3, 0.4) is 0 Å². The number of rotatable bonds is 7. The molecule has 0 aromatic carbocycles. The van der Waals surface area contributed by atoms with E-state index >= 15 is 0 Å². The van der Waals surface area contributed by atoms with Crippen molar-refractivity contribution in [3.63, 3.8) is 0 Å². The minimum atomic E-state index is -0.0141. The highest BCUT2D eigenvalue weighted by molar-refractivity contribution is 4.97. The van der Waals surface area contributed by atoms with Crippen molar-refractivity contribution in [1.82, 2.24) is 10.2 Å². The van der Waals surface area contributed by atoms with Gasteiger partial charge in [-0.3, -0.25) is 4.90 Å². The minimum Gasteiger partial charge on any atom is -0.379 e. The Kier molecular flexibility index (Phi) is 6.28. The van der Waals surface area contributed by atoms with Gasteiger partial charge in [-0.05, 0) is 39.5 Å². The molecule has 1 aliphatic rings. The van der Waals surface area contributed by atoms with E-state index in [0.29, 0.717) is 11.6 Å². The molecule has 0 bridgehead atoms. The molecule has 0 saturated carbocycles. The topological polar surface area (TPSA) is 24.5 Å². The molecular weight excluding hydrogens is 236 g/mol. The molecular formula is C16H34N2O. The summed E-state index contributed by atoms with van der Waals surface area (Å²) in [6.45, 7) is 14.8. The third-order valence-corrected chi connectivity index (χ3v) is 5.18. The molecule has 0 aliphatic carbocycles. The first-order valence-corrected chi connectivity index (χ1v) is 7.96. The maximum Gasteiger partial charge on any atom is 0.0634 e. The van der Waals surface area contributed by atoms with Gasteiger partial charge in [0.2, 0.25) is 0 Å². The van der Waals surface area contributed by atoms with Gasteiger partial charge in [0, 0.05) is 38.3 Å². The molecule has 0 amide bonds. The number of ether oxygens (including phenoxy) is 1. The molecule has 114 valence electrons. The predicted molar refractivity (Wildman–Crippen MR) is 82.7 cm³/mol. The smallest absolute Gasteiger partial charge is 0.0634 e. The molecule has 1 N–H and O–H groups in total. The quantitative estimate of drug-likeness (QED) is 0.769. The largest absolute Gasteiger partial charge is 0.379 e. The summed E-state index contributed by atoms with van der Waals surface area (Å²) in [5, 5.41) is 3.73. The number of hydrogen-bond acceptors (Lipinski definition) is 3. The molecule has 19 heavy (non-hydrogen) atoms. The number of hydrogen-bond donors (Lipinski definition) is 1. The van der Waals surface area contributed by atoms with Crippen molar-refractivity contribution >= 4 is 0 Å². The van der Waals surface area contributed by atoms with Crippen molar-refractivity contribution in [1.29, 1.82) is 0 Å². The molecule has 1 unspecified atom stereocenters. The van der Waals surface area contributed by atoms with Crippen LogP contribution in [0, 0.1) is 0 Å². The zero-order chi connectivity index (χ0) is 14.5. The standard InChI is InChI=1S/C16H34N2O/c1-7-14-12-18(11-10-15(4,5)19-6)16(8-2,9-3)13-17-14/h14,17H,7-13H2,1-6H3. The molecule has 1 fully saturated rings. The summed E-state index contributed by atoms with van der Waals surface area (Å²) < 4.78 is 5.58. The fourth-order valence-corrected chi connectivity index (χ4v) is 3.03. The molecule has 1 saturated heterocycles. The number of nitrogens with one attached hydrogen (secondary N) is 1. The van der Waals surface area contributed by atoms with Gasteiger partial charge in [-0.15, -0.1) is 0 Å². The molecule has 0 aromatic heterocycles. The van der Waals surface area contributed by atoms with Crippen LogP contribution in [0.2, 0.25) is 0 Å². The molecule has 0 radical (unpaired) electrons. The van der Waals surface area contributed by atoms with Gasteiger partial charge in [-0.1, -0.05) is 20.8 Å². The molecule has 1 rings (SSSR count). The number of piperazine rings is 1. The maximum absolute atomic E-state index is 5.58. The fraction of sp³-hybridized carbons (Fsp3) is 1.00. The van der Waals surface area contributed by atoms with Gasteiger partial charge < -0.3 is 10.1 Å². The van der Waals surface area contributed by atoms with E-state index in [0.717, 1.165) is 19.5 Å². The summed E-state index contributed by atoms with van der Waals surface area (Å²) in [5.74, 6) is 0. The van der Waals surface area contributed by atoms with Gasteiger partial charge in [0.05, 0.1) is 5.60 Å². The Hall–Kier alpha value is -0.120. The predicted octanol–water partition coefficient (Wildman–Crippen LogP) is 3.04. The summed E-state index contributed by atoms with van der Waals surface area (Å²) in [6, 6.07) is 0.650. The van der Waals surface area contributed by atoms with Crippen LogP contribution in [0.15, 0.2) is 0 Å². The van der Waals surface area contributed by atoms with Crippen LogP contribution in [-0.4, -0.2) is 48.8 Å². The Bertz CT molecular complexity index is 261. The van der Waals surface area contributed by atoms with Crippen molar-refractivity contribution in [2.45, 2.75) is 77.5 Å². The lowest BCUT2D eigenvalue weighted by Gasteiger charge is -2.50. The van der Waals surface area contributed by atoms with E-state index in [2.05, 4.69) is 44.8 Å². The van der Waals surface area contributed by atoms with E-state index in [4.69, 9.17) is 4.74 Å².